The normalized spacial score (nSPS) is 11.0. The molecule has 0 atom stereocenters. The van der Waals surface area contributed by atoms with Crippen molar-refractivity contribution in [3.8, 4) is 0 Å². The summed E-state index contributed by atoms with van der Waals surface area (Å²) in [6, 6.07) is 3.72. The van der Waals surface area contributed by atoms with E-state index in [1.807, 2.05) is 19.1 Å². The fourth-order valence-corrected chi connectivity index (χ4v) is 1.38. The van der Waals surface area contributed by atoms with Gasteiger partial charge in [-0.15, -0.1) is 5.10 Å². The molecule has 0 amide bonds. The first-order chi connectivity index (χ1) is 8.90. The van der Waals surface area contributed by atoms with E-state index in [9.17, 15) is 4.79 Å². The lowest BCUT2D eigenvalue weighted by molar-refractivity contribution is -0.139. The van der Waals surface area contributed by atoms with Crippen molar-refractivity contribution in [3.63, 3.8) is 0 Å². The van der Waals surface area contributed by atoms with Crippen molar-refractivity contribution < 1.29 is 14.6 Å². The number of carbonyl (C=O) groups is 1. The molecule has 0 radical (unpaired) electrons. The first-order valence-electron chi connectivity index (χ1n) is 5.65. The lowest BCUT2D eigenvalue weighted by Crippen LogP contribution is -2.16. The van der Waals surface area contributed by atoms with Crippen LogP contribution in [0.25, 0.3) is 5.70 Å². The second-order valence-corrected chi connectivity index (χ2v) is 3.96. The predicted molar refractivity (Wildman–Crippen MR) is 72.5 cm³/mol. The monoisotopic (exact) mass is 263 g/mol. The highest BCUT2D eigenvalue weighted by Gasteiger charge is 2.06. The minimum Gasteiger partial charge on any atom is -0.479 e. The lowest BCUT2D eigenvalue weighted by Gasteiger charge is -2.17. The van der Waals surface area contributed by atoms with Crippen LogP contribution in [0.15, 0.2) is 30.0 Å². The summed E-state index contributed by atoms with van der Waals surface area (Å²) in [6.07, 6.45) is 1.70. The van der Waals surface area contributed by atoms with Crippen LogP contribution >= 0.6 is 0 Å². The van der Waals surface area contributed by atoms with Gasteiger partial charge in [0.15, 0.2) is 6.61 Å². The maximum absolute atomic E-state index is 10.4. The number of carboxylic acids is 1. The third-order valence-electron chi connectivity index (χ3n) is 2.32. The fourth-order valence-electron chi connectivity index (χ4n) is 1.38. The molecule has 0 spiro atoms. The molecule has 6 heteroatoms. The Bertz CT molecular complexity index is 512. The third kappa shape index (κ3) is 4.79. The number of hydrazone groups is 1. The Morgan fingerprint density at radius 2 is 2.32 bits per heavy atom. The van der Waals surface area contributed by atoms with Crippen LogP contribution < -0.4 is 0 Å². The molecule has 102 valence electrons. The molecule has 1 aromatic rings. The minimum atomic E-state index is -1.04. The van der Waals surface area contributed by atoms with Crippen molar-refractivity contribution in [2.75, 3.05) is 13.7 Å². The molecule has 0 aliphatic carbocycles. The van der Waals surface area contributed by atoms with E-state index in [1.165, 1.54) is 5.01 Å². The van der Waals surface area contributed by atoms with Crippen LogP contribution in [0.5, 0.6) is 0 Å². The van der Waals surface area contributed by atoms with Crippen molar-refractivity contribution in [2.24, 2.45) is 5.10 Å². The number of hydrogen-bond acceptors (Lipinski definition) is 5. The number of aromatic nitrogens is 1. The van der Waals surface area contributed by atoms with E-state index in [0.29, 0.717) is 5.70 Å². The summed E-state index contributed by atoms with van der Waals surface area (Å²) < 4.78 is 4.94. The number of aryl methyl sites for hydroxylation is 1. The van der Waals surface area contributed by atoms with Crippen molar-refractivity contribution in [1.29, 1.82) is 0 Å². The lowest BCUT2D eigenvalue weighted by atomic mass is 10.2. The van der Waals surface area contributed by atoms with Crippen LogP contribution in [-0.4, -0.2) is 40.6 Å². The average Bonchev–Trinajstić information content (AvgIpc) is 2.35. The van der Waals surface area contributed by atoms with Crippen molar-refractivity contribution in [3.05, 3.63) is 36.2 Å². The van der Waals surface area contributed by atoms with Gasteiger partial charge in [-0.05, 0) is 19.1 Å². The number of carboxylic acid groups (broad SMARTS) is 1. The molecule has 0 unspecified atom stereocenters. The van der Waals surface area contributed by atoms with Crippen LogP contribution in [0, 0.1) is 6.92 Å². The zero-order valence-electron chi connectivity index (χ0n) is 11.3. The summed E-state index contributed by atoms with van der Waals surface area (Å²) in [7, 11) is 1.71. The Morgan fingerprint density at radius 3 is 2.89 bits per heavy atom. The van der Waals surface area contributed by atoms with E-state index in [-0.39, 0.29) is 5.90 Å². The predicted octanol–water partition coefficient (Wildman–Crippen LogP) is 1.73. The molecule has 1 N–H and O–H groups in total. The van der Waals surface area contributed by atoms with Crippen LogP contribution in [-0.2, 0) is 9.53 Å². The van der Waals surface area contributed by atoms with Gasteiger partial charge in [-0.1, -0.05) is 6.58 Å². The SMILES string of the molecule is C=C(c1ccnc(C)c1)N(C)/N=C(\C)OCC(=O)O. The van der Waals surface area contributed by atoms with E-state index >= 15 is 0 Å². The standard InChI is InChI=1S/C13H17N3O3/c1-9-7-12(5-6-14-9)10(2)16(4)15-11(3)19-8-13(17)18/h5-7H,2,8H2,1,3-4H3,(H,17,18)/b15-11+. The van der Waals surface area contributed by atoms with Gasteiger partial charge in [-0.3, -0.25) is 9.99 Å². The zero-order valence-corrected chi connectivity index (χ0v) is 11.3. The molecule has 6 nitrogen and oxygen atoms in total. The van der Waals surface area contributed by atoms with Crippen molar-refractivity contribution in [1.82, 2.24) is 9.99 Å². The quantitative estimate of drug-likeness (QED) is 0.497. The third-order valence-corrected chi connectivity index (χ3v) is 2.32. The van der Waals surface area contributed by atoms with Gasteiger partial charge in [0.1, 0.15) is 0 Å². The molecular weight excluding hydrogens is 246 g/mol. The first-order valence-corrected chi connectivity index (χ1v) is 5.65. The smallest absolute Gasteiger partial charge is 0.341 e. The van der Waals surface area contributed by atoms with E-state index in [4.69, 9.17) is 9.84 Å². The van der Waals surface area contributed by atoms with Gasteiger partial charge in [-0.2, -0.15) is 0 Å². The van der Waals surface area contributed by atoms with Gasteiger partial charge in [0.2, 0.25) is 5.90 Å². The highest BCUT2D eigenvalue weighted by Crippen LogP contribution is 2.16. The molecular formula is C13H17N3O3. The highest BCUT2D eigenvalue weighted by molar-refractivity contribution is 5.77. The Kier molecular flexibility index (Phi) is 5.05. The molecule has 0 aromatic carbocycles. The minimum absolute atomic E-state index is 0.261. The molecule has 0 aliphatic heterocycles. The molecule has 1 rings (SSSR count). The van der Waals surface area contributed by atoms with Crippen LogP contribution in [0.1, 0.15) is 18.2 Å². The van der Waals surface area contributed by atoms with Crippen molar-refractivity contribution >= 4 is 17.6 Å². The zero-order chi connectivity index (χ0) is 14.4. The second kappa shape index (κ2) is 6.53. The summed E-state index contributed by atoms with van der Waals surface area (Å²) in [4.78, 5) is 14.5. The molecule has 1 aromatic heterocycles. The van der Waals surface area contributed by atoms with Gasteiger partial charge < -0.3 is 9.84 Å². The van der Waals surface area contributed by atoms with E-state index in [0.717, 1.165) is 11.3 Å². The van der Waals surface area contributed by atoms with Gasteiger partial charge in [0, 0.05) is 31.4 Å². The molecule has 0 saturated carbocycles. The topological polar surface area (TPSA) is 75.0 Å². The molecule has 0 saturated heterocycles. The summed E-state index contributed by atoms with van der Waals surface area (Å²) in [5, 5.41) is 14.1. The van der Waals surface area contributed by atoms with Gasteiger partial charge in [0.25, 0.3) is 0 Å². The largest absolute Gasteiger partial charge is 0.479 e. The molecule has 1 heterocycles. The molecule has 19 heavy (non-hydrogen) atoms. The Hall–Kier alpha value is -2.37. The number of ether oxygens (including phenoxy) is 1. The average molecular weight is 263 g/mol. The Morgan fingerprint density at radius 1 is 1.63 bits per heavy atom. The van der Waals surface area contributed by atoms with Crippen LogP contribution in [0.3, 0.4) is 0 Å². The van der Waals surface area contributed by atoms with Gasteiger partial charge in [-0.25, -0.2) is 4.79 Å². The number of pyridine rings is 1. The first kappa shape index (κ1) is 14.7. The number of hydrogen-bond donors (Lipinski definition) is 1. The van der Waals surface area contributed by atoms with E-state index in [2.05, 4.69) is 16.7 Å². The summed E-state index contributed by atoms with van der Waals surface area (Å²) in [6.45, 7) is 7.00. The summed E-state index contributed by atoms with van der Waals surface area (Å²) >= 11 is 0. The van der Waals surface area contributed by atoms with E-state index < -0.39 is 12.6 Å². The Balaban J connectivity index is 2.72. The maximum Gasteiger partial charge on any atom is 0.341 e. The number of aliphatic carboxylic acids is 1. The molecule has 0 aliphatic rings. The summed E-state index contributed by atoms with van der Waals surface area (Å²) in [5.41, 5.74) is 2.45. The molecule has 0 bridgehead atoms. The molecule has 0 fully saturated rings. The Labute approximate surface area is 112 Å². The number of rotatable bonds is 5. The van der Waals surface area contributed by atoms with Crippen LogP contribution in [0.2, 0.25) is 0 Å². The maximum atomic E-state index is 10.4. The fraction of sp³-hybridized carbons (Fsp3) is 0.308. The van der Waals surface area contributed by atoms with Crippen LogP contribution in [0.4, 0.5) is 0 Å². The van der Waals surface area contributed by atoms with Gasteiger partial charge >= 0.3 is 5.97 Å². The van der Waals surface area contributed by atoms with Gasteiger partial charge in [0.05, 0.1) is 5.70 Å². The van der Waals surface area contributed by atoms with Crippen molar-refractivity contribution in [2.45, 2.75) is 13.8 Å². The summed E-state index contributed by atoms with van der Waals surface area (Å²) in [5.74, 6) is -0.780. The van der Waals surface area contributed by atoms with E-state index in [1.54, 1.807) is 20.2 Å². The highest BCUT2D eigenvalue weighted by atomic mass is 16.5. The number of nitrogens with zero attached hydrogens (tertiary/aromatic N) is 3. The second-order valence-electron chi connectivity index (χ2n) is 3.96.